The zero-order valence-electron chi connectivity index (χ0n) is 11.6. The van der Waals surface area contributed by atoms with Crippen LogP contribution in [0, 0.1) is 0 Å². The van der Waals surface area contributed by atoms with Crippen LogP contribution in [0.1, 0.15) is 38.2 Å². The SMILES string of the molecule is CC(Oc1ccc(Br)c(CO)c1)C(=O)NC1CCCC1. The van der Waals surface area contributed by atoms with E-state index in [2.05, 4.69) is 21.2 Å². The van der Waals surface area contributed by atoms with Gasteiger partial charge in [0.2, 0.25) is 0 Å². The first-order valence-electron chi connectivity index (χ1n) is 6.96. The Labute approximate surface area is 127 Å². The maximum absolute atomic E-state index is 12.0. The number of hydrogen-bond acceptors (Lipinski definition) is 3. The lowest BCUT2D eigenvalue weighted by Gasteiger charge is -2.18. The van der Waals surface area contributed by atoms with Crippen LogP contribution in [0.3, 0.4) is 0 Å². The molecule has 1 saturated carbocycles. The molecule has 2 rings (SSSR count). The van der Waals surface area contributed by atoms with Gasteiger partial charge in [-0.25, -0.2) is 0 Å². The largest absolute Gasteiger partial charge is 0.481 e. The van der Waals surface area contributed by atoms with Crippen molar-refractivity contribution in [2.24, 2.45) is 0 Å². The van der Waals surface area contributed by atoms with Gasteiger partial charge in [0.05, 0.1) is 6.61 Å². The minimum Gasteiger partial charge on any atom is -0.481 e. The molecule has 1 aliphatic carbocycles. The molecule has 4 nitrogen and oxygen atoms in total. The molecule has 1 unspecified atom stereocenters. The molecule has 1 aromatic rings. The molecule has 1 aliphatic rings. The van der Waals surface area contributed by atoms with Gasteiger partial charge in [-0.05, 0) is 43.5 Å². The second-order valence-electron chi connectivity index (χ2n) is 5.16. The highest BCUT2D eigenvalue weighted by Crippen LogP contribution is 2.23. The number of ether oxygens (including phenoxy) is 1. The minimum absolute atomic E-state index is 0.0690. The molecule has 0 saturated heterocycles. The van der Waals surface area contributed by atoms with E-state index >= 15 is 0 Å². The summed E-state index contributed by atoms with van der Waals surface area (Å²) in [6, 6.07) is 5.63. The van der Waals surface area contributed by atoms with E-state index in [1.54, 1.807) is 19.1 Å². The lowest BCUT2D eigenvalue weighted by Crippen LogP contribution is -2.41. The molecule has 0 aromatic heterocycles. The summed E-state index contributed by atoms with van der Waals surface area (Å²) in [4.78, 5) is 12.0. The molecular weight excluding hydrogens is 322 g/mol. The maximum atomic E-state index is 12.0. The van der Waals surface area contributed by atoms with E-state index in [0.29, 0.717) is 11.8 Å². The molecule has 0 radical (unpaired) electrons. The molecule has 1 fully saturated rings. The van der Waals surface area contributed by atoms with Crippen molar-refractivity contribution in [3.63, 3.8) is 0 Å². The third-order valence-electron chi connectivity index (χ3n) is 3.57. The van der Waals surface area contributed by atoms with Crippen LogP contribution in [0.4, 0.5) is 0 Å². The van der Waals surface area contributed by atoms with Crippen molar-refractivity contribution in [3.8, 4) is 5.75 Å². The van der Waals surface area contributed by atoms with E-state index in [1.807, 2.05) is 6.07 Å². The Morgan fingerprint density at radius 1 is 1.50 bits per heavy atom. The minimum atomic E-state index is -0.539. The van der Waals surface area contributed by atoms with Crippen molar-refractivity contribution in [2.75, 3.05) is 0 Å². The quantitative estimate of drug-likeness (QED) is 0.865. The summed E-state index contributed by atoms with van der Waals surface area (Å²) in [5.74, 6) is 0.511. The molecule has 0 bridgehead atoms. The number of aliphatic hydroxyl groups excluding tert-OH is 1. The van der Waals surface area contributed by atoms with Gasteiger partial charge in [-0.2, -0.15) is 0 Å². The Balaban J connectivity index is 1.92. The number of carbonyl (C=O) groups excluding carboxylic acids is 1. The number of nitrogens with one attached hydrogen (secondary N) is 1. The Morgan fingerprint density at radius 3 is 2.85 bits per heavy atom. The summed E-state index contributed by atoms with van der Waals surface area (Å²) < 4.78 is 6.47. The Bertz CT molecular complexity index is 472. The topological polar surface area (TPSA) is 58.6 Å². The van der Waals surface area contributed by atoms with Gasteiger partial charge >= 0.3 is 0 Å². The molecule has 5 heteroatoms. The zero-order chi connectivity index (χ0) is 14.5. The first kappa shape index (κ1) is 15.3. The van der Waals surface area contributed by atoms with Gasteiger partial charge in [0, 0.05) is 10.5 Å². The van der Waals surface area contributed by atoms with Gasteiger partial charge in [-0.1, -0.05) is 28.8 Å². The molecule has 0 aliphatic heterocycles. The molecule has 1 atom stereocenters. The van der Waals surface area contributed by atoms with Gasteiger partial charge < -0.3 is 15.2 Å². The van der Waals surface area contributed by atoms with Crippen LogP contribution in [0.2, 0.25) is 0 Å². The number of amides is 1. The average molecular weight is 342 g/mol. The van der Waals surface area contributed by atoms with Crippen molar-refractivity contribution in [1.82, 2.24) is 5.32 Å². The van der Waals surface area contributed by atoms with Crippen LogP contribution in [0.25, 0.3) is 0 Å². The number of hydrogen-bond donors (Lipinski definition) is 2. The van der Waals surface area contributed by atoms with Gasteiger partial charge in [-0.15, -0.1) is 0 Å². The summed E-state index contributed by atoms with van der Waals surface area (Å²) in [5, 5.41) is 12.2. The third kappa shape index (κ3) is 3.96. The highest BCUT2D eigenvalue weighted by atomic mass is 79.9. The van der Waals surface area contributed by atoms with Gasteiger partial charge in [0.1, 0.15) is 5.75 Å². The fraction of sp³-hybridized carbons (Fsp3) is 0.533. The monoisotopic (exact) mass is 341 g/mol. The Kier molecular flexibility index (Phi) is 5.43. The summed E-state index contributed by atoms with van der Waals surface area (Å²) in [6.07, 6.45) is 3.96. The summed E-state index contributed by atoms with van der Waals surface area (Å²) in [7, 11) is 0. The fourth-order valence-corrected chi connectivity index (χ4v) is 2.76. The number of benzene rings is 1. The summed E-state index contributed by atoms with van der Waals surface area (Å²) in [6.45, 7) is 1.67. The molecule has 0 spiro atoms. The second kappa shape index (κ2) is 7.09. The number of aliphatic hydroxyl groups is 1. The van der Waals surface area contributed by atoms with E-state index < -0.39 is 6.10 Å². The molecule has 1 aromatic carbocycles. The third-order valence-corrected chi connectivity index (χ3v) is 4.34. The maximum Gasteiger partial charge on any atom is 0.260 e. The lowest BCUT2D eigenvalue weighted by molar-refractivity contribution is -0.127. The highest BCUT2D eigenvalue weighted by Gasteiger charge is 2.21. The highest BCUT2D eigenvalue weighted by molar-refractivity contribution is 9.10. The number of halogens is 1. The van der Waals surface area contributed by atoms with Crippen molar-refractivity contribution < 1.29 is 14.6 Å². The predicted molar refractivity (Wildman–Crippen MR) is 80.6 cm³/mol. The lowest BCUT2D eigenvalue weighted by atomic mass is 10.2. The fourth-order valence-electron chi connectivity index (χ4n) is 2.39. The first-order chi connectivity index (χ1) is 9.60. The Morgan fingerprint density at radius 2 is 2.20 bits per heavy atom. The van der Waals surface area contributed by atoms with Gasteiger partial charge in [0.25, 0.3) is 5.91 Å². The van der Waals surface area contributed by atoms with E-state index in [1.165, 1.54) is 12.8 Å². The van der Waals surface area contributed by atoms with E-state index in [-0.39, 0.29) is 12.5 Å². The summed E-state index contributed by atoms with van der Waals surface area (Å²) in [5.41, 5.74) is 0.742. The van der Waals surface area contributed by atoms with Crippen molar-refractivity contribution in [2.45, 2.75) is 51.4 Å². The number of carbonyl (C=O) groups is 1. The molecule has 20 heavy (non-hydrogen) atoms. The van der Waals surface area contributed by atoms with Gasteiger partial charge in [0.15, 0.2) is 6.10 Å². The molecule has 1 amide bonds. The Hall–Kier alpha value is -1.07. The second-order valence-corrected chi connectivity index (χ2v) is 6.02. The van der Waals surface area contributed by atoms with E-state index in [4.69, 9.17) is 4.74 Å². The van der Waals surface area contributed by atoms with E-state index in [0.717, 1.165) is 22.9 Å². The van der Waals surface area contributed by atoms with Crippen LogP contribution in [0.15, 0.2) is 22.7 Å². The van der Waals surface area contributed by atoms with Crippen LogP contribution in [-0.4, -0.2) is 23.2 Å². The van der Waals surface area contributed by atoms with Crippen LogP contribution in [-0.2, 0) is 11.4 Å². The van der Waals surface area contributed by atoms with Crippen molar-refractivity contribution in [1.29, 1.82) is 0 Å². The standard InChI is InChI=1S/C15H20BrNO3/c1-10(15(19)17-12-4-2-3-5-12)20-13-6-7-14(16)11(8-13)9-18/h6-8,10,12,18H,2-5,9H2,1H3,(H,17,19). The van der Waals surface area contributed by atoms with Crippen molar-refractivity contribution in [3.05, 3.63) is 28.2 Å². The average Bonchev–Trinajstić information content (AvgIpc) is 2.93. The van der Waals surface area contributed by atoms with E-state index in [9.17, 15) is 9.90 Å². The van der Waals surface area contributed by atoms with Crippen LogP contribution < -0.4 is 10.1 Å². The molecule has 2 N–H and O–H groups in total. The van der Waals surface area contributed by atoms with Gasteiger partial charge in [-0.3, -0.25) is 4.79 Å². The zero-order valence-corrected chi connectivity index (χ0v) is 13.1. The number of rotatable bonds is 5. The summed E-state index contributed by atoms with van der Waals surface area (Å²) >= 11 is 3.35. The molecule has 0 heterocycles. The smallest absolute Gasteiger partial charge is 0.260 e. The predicted octanol–water partition coefficient (Wildman–Crippen LogP) is 2.77. The van der Waals surface area contributed by atoms with Crippen molar-refractivity contribution >= 4 is 21.8 Å². The van der Waals surface area contributed by atoms with Crippen LogP contribution in [0.5, 0.6) is 5.75 Å². The molecular formula is C15H20BrNO3. The normalized spacial score (nSPS) is 16.9. The van der Waals surface area contributed by atoms with Crippen LogP contribution >= 0.6 is 15.9 Å². The molecule has 110 valence electrons. The first-order valence-corrected chi connectivity index (χ1v) is 7.75.